The van der Waals surface area contributed by atoms with Crippen LogP contribution in [0.2, 0.25) is 0 Å². The number of anilines is 2. The Bertz CT molecular complexity index is 1800. The minimum Gasteiger partial charge on any atom is -0.506 e. The molecule has 7 fully saturated rings. The lowest BCUT2D eigenvalue weighted by atomic mass is 9.53. The quantitative estimate of drug-likeness (QED) is 0.438. The zero-order valence-corrected chi connectivity index (χ0v) is 27.8. The number of phenols is 1. The molecule has 2 aliphatic carbocycles. The largest absolute Gasteiger partial charge is 0.506 e. The van der Waals surface area contributed by atoms with Gasteiger partial charge in [0.1, 0.15) is 12.0 Å². The molecule has 9 aliphatic rings. The van der Waals surface area contributed by atoms with E-state index < -0.39 is 0 Å². The minimum atomic E-state index is -0.220. The van der Waals surface area contributed by atoms with E-state index in [4.69, 9.17) is 4.74 Å². The molecule has 7 nitrogen and oxygen atoms in total. The highest BCUT2D eigenvalue weighted by Gasteiger charge is 2.74. The van der Waals surface area contributed by atoms with Gasteiger partial charge in [-0.3, -0.25) is 14.6 Å². The van der Waals surface area contributed by atoms with Crippen molar-refractivity contribution in [1.29, 1.82) is 0 Å². The summed E-state index contributed by atoms with van der Waals surface area (Å²) in [5, 5.41) is 11.5. The van der Waals surface area contributed by atoms with Crippen LogP contribution in [0, 0.1) is 23.7 Å². The molecule has 7 aliphatic heterocycles. The Labute approximate surface area is 277 Å². The predicted molar refractivity (Wildman–Crippen MR) is 182 cm³/mol. The molecule has 2 aromatic carbocycles. The molecule has 1 amide bonds. The first-order valence-electron chi connectivity index (χ1n) is 18.3. The van der Waals surface area contributed by atoms with Crippen LogP contribution in [-0.2, 0) is 20.4 Å². The van der Waals surface area contributed by atoms with Crippen molar-refractivity contribution >= 4 is 17.3 Å². The Morgan fingerprint density at radius 1 is 0.872 bits per heavy atom. The smallest absolute Gasteiger partial charge is 0.224 e. The maximum absolute atomic E-state index is 14.0. The number of carbonyl (C=O) groups excluding carboxylic acids is 1. The maximum atomic E-state index is 14.0. The van der Waals surface area contributed by atoms with Crippen molar-refractivity contribution in [2.75, 3.05) is 42.6 Å². The van der Waals surface area contributed by atoms with Gasteiger partial charge in [-0.15, -0.1) is 0 Å². The molecular weight excluding hydrogens is 584 g/mol. The zero-order chi connectivity index (χ0) is 31.6. The second kappa shape index (κ2) is 9.10. The van der Waals surface area contributed by atoms with Gasteiger partial charge in [-0.2, -0.15) is 0 Å². The summed E-state index contributed by atoms with van der Waals surface area (Å²) in [5.74, 6) is 1.68. The van der Waals surface area contributed by atoms with E-state index in [0.717, 1.165) is 51.3 Å². The number of para-hydroxylation sites is 2. The number of nitrogens with zero attached hydrogens (tertiary/aromatic N) is 4. The molecular formula is C40H46N4O3. The standard InChI is InChI=1S/C40H46N4O3/c1-4-23-19-41-15-13-39-28-9-6-7-11-30(28)44-36(39)27(25(23)17-32(39)41)21-47-38(44)34-26-18-33-40(14-16-42(33)20-24(26)5-2)29-10-8-12-31(46)35(29)43(22(3)45)37(34)40/h4-12,25-27,32-34,36-38,46H,13-21H2,1-3H3/t25-,26-,27-,32-,33+,34-,36+,37+,38+,39-,40-/m0/s1. The van der Waals surface area contributed by atoms with Crippen molar-refractivity contribution in [3.8, 4) is 5.75 Å². The highest BCUT2D eigenvalue weighted by molar-refractivity contribution is 5.98. The van der Waals surface area contributed by atoms with Crippen LogP contribution in [0.3, 0.4) is 0 Å². The molecule has 7 heterocycles. The van der Waals surface area contributed by atoms with Crippen LogP contribution in [0.15, 0.2) is 65.8 Å². The van der Waals surface area contributed by atoms with E-state index in [2.05, 4.69) is 75.9 Å². The second-order valence-electron chi connectivity index (χ2n) is 16.3. The molecule has 47 heavy (non-hydrogen) atoms. The third kappa shape index (κ3) is 2.99. The van der Waals surface area contributed by atoms with Gasteiger partial charge >= 0.3 is 0 Å². The number of amides is 1. The summed E-state index contributed by atoms with van der Waals surface area (Å²) in [5.41, 5.74) is 7.87. The topological polar surface area (TPSA) is 59.5 Å². The van der Waals surface area contributed by atoms with Gasteiger partial charge in [0.05, 0.1) is 18.3 Å². The van der Waals surface area contributed by atoms with Gasteiger partial charge in [-0.1, -0.05) is 53.6 Å². The minimum absolute atomic E-state index is 0.0309. The number of allylic oxidation sites excluding steroid dienone is 2. The first-order chi connectivity index (χ1) is 22.9. The fourth-order valence-corrected chi connectivity index (χ4v) is 14.0. The van der Waals surface area contributed by atoms with Crippen LogP contribution in [0.25, 0.3) is 0 Å². The average molecular weight is 631 g/mol. The van der Waals surface area contributed by atoms with Crippen LogP contribution in [0.5, 0.6) is 5.75 Å². The van der Waals surface area contributed by atoms with Crippen LogP contribution in [-0.4, -0.2) is 84.0 Å². The van der Waals surface area contributed by atoms with E-state index in [1.165, 1.54) is 29.7 Å². The summed E-state index contributed by atoms with van der Waals surface area (Å²) in [4.78, 5) is 24.4. The Balaban J connectivity index is 1.14. The monoisotopic (exact) mass is 630 g/mol. The summed E-state index contributed by atoms with van der Waals surface area (Å²) in [6.07, 6.45) is 9.17. The molecule has 1 N–H and O–H groups in total. The molecule has 7 heteroatoms. The van der Waals surface area contributed by atoms with Crippen molar-refractivity contribution in [2.24, 2.45) is 23.7 Å². The van der Waals surface area contributed by atoms with E-state index in [0.29, 0.717) is 35.9 Å². The van der Waals surface area contributed by atoms with Crippen molar-refractivity contribution in [2.45, 2.75) is 87.7 Å². The van der Waals surface area contributed by atoms with Gasteiger partial charge < -0.3 is 19.6 Å². The van der Waals surface area contributed by atoms with Gasteiger partial charge in [0.2, 0.25) is 5.91 Å². The Morgan fingerprint density at radius 2 is 1.53 bits per heavy atom. The normalized spacial score (nSPS) is 45.3. The SMILES string of the molecule is CC=C1CN2CC[C@]34c5ccccc5N5[C@@H]([C@H]6[C@H]7C[C@H]8N(CC[C@]89c8cccc(O)c8N(C(C)=O)[C@H]69)CC7=CC)OC[C@@H]([C@H]1C[C@H]23)[C@@H]54. The number of rotatable bonds is 1. The van der Waals surface area contributed by atoms with Gasteiger partial charge in [0, 0.05) is 66.5 Å². The Hall–Kier alpha value is -3.13. The molecule has 0 radical (unpaired) electrons. The highest BCUT2D eigenvalue weighted by atomic mass is 16.5. The van der Waals surface area contributed by atoms with E-state index in [1.54, 1.807) is 24.1 Å². The first-order valence-corrected chi connectivity index (χ1v) is 18.3. The molecule has 4 bridgehead atoms. The van der Waals surface area contributed by atoms with Gasteiger partial charge in [0.25, 0.3) is 0 Å². The van der Waals surface area contributed by atoms with Crippen molar-refractivity contribution in [3.05, 3.63) is 76.9 Å². The number of piperidine rings is 2. The van der Waals surface area contributed by atoms with Gasteiger partial charge in [-0.05, 0) is 87.7 Å². The average Bonchev–Trinajstić information content (AvgIpc) is 3.84. The number of benzene rings is 2. The first kappa shape index (κ1) is 27.8. The lowest BCUT2D eigenvalue weighted by Gasteiger charge is -2.63. The van der Waals surface area contributed by atoms with Gasteiger partial charge in [-0.25, -0.2) is 0 Å². The van der Waals surface area contributed by atoms with Crippen LogP contribution in [0.4, 0.5) is 11.4 Å². The molecule has 0 unspecified atom stereocenters. The molecule has 2 spiro atoms. The van der Waals surface area contributed by atoms with Gasteiger partial charge in [0.15, 0.2) is 0 Å². The predicted octanol–water partition coefficient (Wildman–Crippen LogP) is 5.19. The molecule has 2 aromatic rings. The molecule has 0 aromatic heterocycles. The summed E-state index contributed by atoms with van der Waals surface area (Å²) < 4.78 is 7.46. The molecule has 11 rings (SSSR count). The molecule has 244 valence electrons. The number of aromatic hydroxyl groups is 1. The van der Waals surface area contributed by atoms with E-state index in [1.807, 2.05) is 6.07 Å². The summed E-state index contributed by atoms with van der Waals surface area (Å²) in [7, 11) is 0. The number of hydrogen-bond donors (Lipinski definition) is 1. The Kier molecular flexibility index (Phi) is 5.38. The number of fused-ring (bicyclic) bond motifs is 6. The lowest BCUT2D eigenvalue weighted by molar-refractivity contribution is -0.129. The summed E-state index contributed by atoms with van der Waals surface area (Å²) in [6.45, 7) is 11.2. The van der Waals surface area contributed by atoms with Crippen molar-refractivity contribution < 1.29 is 14.6 Å². The number of phenolic OH excluding ortho intramolecular Hbond substituents is 1. The van der Waals surface area contributed by atoms with Crippen LogP contribution >= 0.6 is 0 Å². The number of hydrogen-bond acceptors (Lipinski definition) is 6. The third-order valence-electron chi connectivity index (χ3n) is 15.3. The van der Waals surface area contributed by atoms with Crippen LogP contribution in [0.1, 0.15) is 57.6 Å². The highest BCUT2D eigenvalue weighted by Crippen LogP contribution is 2.69. The maximum Gasteiger partial charge on any atom is 0.224 e. The summed E-state index contributed by atoms with van der Waals surface area (Å²) in [6, 6.07) is 16.6. The van der Waals surface area contributed by atoms with Crippen LogP contribution < -0.4 is 9.80 Å². The Morgan fingerprint density at radius 3 is 2.26 bits per heavy atom. The van der Waals surface area contributed by atoms with Crippen molar-refractivity contribution in [1.82, 2.24) is 9.80 Å². The van der Waals surface area contributed by atoms with E-state index in [-0.39, 0.29) is 40.7 Å². The number of carbonyl (C=O) groups is 1. The summed E-state index contributed by atoms with van der Waals surface area (Å²) >= 11 is 0. The fourth-order valence-electron chi connectivity index (χ4n) is 14.0. The van der Waals surface area contributed by atoms with E-state index >= 15 is 0 Å². The third-order valence-corrected chi connectivity index (χ3v) is 15.3. The fraction of sp³-hybridized carbons (Fsp3) is 0.575. The lowest BCUT2D eigenvalue weighted by Crippen LogP contribution is -2.73. The molecule has 11 atom stereocenters. The zero-order valence-electron chi connectivity index (χ0n) is 27.8. The van der Waals surface area contributed by atoms with Crippen molar-refractivity contribution in [3.63, 3.8) is 0 Å². The molecule has 5 saturated heterocycles. The second-order valence-corrected chi connectivity index (χ2v) is 16.3. The molecule has 2 saturated carbocycles. The number of ether oxygens (including phenoxy) is 1. The van der Waals surface area contributed by atoms with E-state index in [9.17, 15) is 9.90 Å².